The second-order valence-electron chi connectivity index (χ2n) is 3.23. The van der Waals surface area contributed by atoms with E-state index < -0.39 is 11.4 Å². The molecule has 1 aromatic rings. The minimum Gasteiger partial charge on any atom is -0.480 e. The van der Waals surface area contributed by atoms with E-state index in [1.807, 2.05) is 6.07 Å². The van der Waals surface area contributed by atoms with Gasteiger partial charge in [0.15, 0.2) is 5.41 Å². The molecule has 1 aromatic heterocycles. The van der Waals surface area contributed by atoms with Crippen LogP contribution in [0.1, 0.15) is 5.56 Å². The molecule has 0 aromatic carbocycles. The van der Waals surface area contributed by atoms with Crippen molar-refractivity contribution in [2.24, 2.45) is 0 Å². The zero-order chi connectivity index (χ0) is 11.1. The van der Waals surface area contributed by atoms with Gasteiger partial charge in [-0.05, 0) is 22.0 Å². The minimum atomic E-state index is -1.52. The van der Waals surface area contributed by atoms with Crippen molar-refractivity contribution in [1.82, 2.24) is 4.98 Å². The molecule has 0 aliphatic carbocycles. The molecule has 5 nitrogen and oxygen atoms in total. The number of carboxylic acids is 1. The lowest BCUT2D eigenvalue weighted by molar-refractivity contribution is -0.140. The molecule has 15 heavy (non-hydrogen) atoms. The fraction of sp³-hybridized carbons (Fsp3) is 0.222. The van der Waals surface area contributed by atoms with Crippen LogP contribution >= 0.6 is 15.9 Å². The van der Waals surface area contributed by atoms with Crippen molar-refractivity contribution in [3.63, 3.8) is 0 Å². The number of nitriles is 1. The van der Waals surface area contributed by atoms with Gasteiger partial charge in [0.25, 0.3) is 0 Å². The lowest BCUT2D eigenvalue weighted by atomic mass is 9.85. The summed E-state index contributed by atoms with van der Waals surface area (Å²) in [7, 11) is 0. The van der Waals surface area contributed by atoms with Gasteiger partial charge in [0.2, 0.25) is 0 Å². The smallest absolute Gasteiger partial charge is 0.330 e. The lowest BCUT2D eigenvalue weighted by Crippen LogP contribution is -2.36. The molecule has 1 aliphatic rings. The number of carboxylic acid groups (broad SMARTS) is 1. The highest BCUT2D eigenvalue weighted by molar-refractivity contribution is 9.10. The first kappa shape index (κ1) is 9.93. The summed E-state index contributed by atoms with van der Waals surface area (Å²) < 4.78 is 0.658. The highest BCUT2D eigenvalue weighted by Gasteiger charge is 2.47. The molecule has 0 bridgehead atoms. The standard InChI is InChI=1S/C9H6BrN3O2/c10-5-1-6-7(12-2-5)13-4-9(6,3-11)8(14)15/h1-2H,4H2,(H,12,13)(H,14,15). The van der Waals surface area contributed by atoms with Crippen molar-refractivity contribution in [2.75, 3.05) is 11.9 Å². The molecule has 0 amide bonds. The van der Waals surface area contributed by atoms with Crippen LogP contribution < -0.4 is 5.32 Å². The molecule has 76 valence electrons. The highest BCUT2D eigenvalue weighted by atomic mass is 79.9. The molecule has 2 rings (SSSR count). The van der Waals surface area contributed by atoms with E-state index in [4.69, 9.17) is 10.4 Å². The average Bonchev–Trinajstić information content (AvgIpc) is 2.57. The number of nitrogens with one attached hydrogen (secondary N) is 1. The van der Waals surface area contributed by atoms with E-state index in [1.54, 1.807) is 12.3 Å². The number of hydrogen-bond acceptors (Lipinski definition) is 4. The summed E-state index contributed by atoms with van der Waals surface area (Å²) in [6.45, 7) is 0.0532. The first-order chi connectivity index (χ1) is 7.10. The Bertz CT molecular complexity index is 483. The summed E-state index contributed by atoms with van der Waals surface area (Å²) in [5, 5.41) is 20.9. The van der Waals surface area contributed by atoms with Gasteiger partial charge in [-0.1, -0.05) is 0 Å². The summed E-state index contributed by atoms with van der Waals surface area (Å²) in [6.07, 6.45) is 1.56. The van der Waals surface area contributed by atoms with E-state index in [9.17, 15) is 4.79 Å². The van der Waals surface area contributed by atoms with E-state index in [0.29, 0.717) is 15.9 Å². The summed E-state index contributed by atoms with van der Waals surface area (Å²) >= 11 is 3.20. The zero-order valence-electron chi connectivity index (χ0n) is 7.49. The Hall–Kier alpha value is -1.61. The van der Waals surface area contributed by atoms with Crippen LogP contribution in [0.3, 0.4) is 0 Å². The van der Waals surface area contributed by atoms with Gasteiger partial charge in [-0.15, -0.1) is 0 Å². The molecule has 1 unspecified atom stereocenters. The molecule has 6 heteroatoms. The van der Waals surface area contributed by atoms with Gasteiger partial charge in [-0.2, -0.15) is 5.26 Å². The van der Waals surface area contributed by atoms with Crippen molar-refractivity contribution in [3.05, 3.63) is 22.3 Å². The van der Waals surface area contributed by atoms with Crippen LogP contribution in [-0.2, 0) is 10.2 Å². The van der Waals surface area contributed by atoms with Crippen LogP contribution in [-0.4, -0.2) is 22.6 Å². The molecule has 0 fully saturated rings. The second kappa shape index (κ2) is 3.21. The van der Waals surface area contributed by atoms with E-state index in [1.165, 1.54) is 0 Å². The Morgan fingerprint density at radius 1 is 1.80 bits per heavy atom. The lowest BCUT2D eigenvalue weighted by Gasteiger charge is -2.14. The van der Waals surface area contributed by atoms with Gasteiger partial charge in [0, 0.05) is 16.2 Å². The Morgan fingerprint density at radius 3 is 3.13 bits per heavy atom. The van der Waals surface area contributed by atoms with Crippen LogP contribution in [0.5, 0.6) is 0 Å². The molecule has 0 spiro atoms. The third-order valence-electron chi connectivity index (χ3n) is 2.39. The van der Waals surface area contributed by atoms with Gasteiger partial charge < -0.3 is 10.4 Å². The number of rotatable bonds is 1. The third kappa shape index (κ3) is 1.27. The van der Waals surface area contributed by atoms with Crippen LogP contribution in [0.4, 0.5) is 5.82 Å². The Morgan fingerprint density at radius 2 is 2.53 bits per heavy atom. The number of anilines is 1. The molecule has 1 aliphatic heterocycles. The maximum Gasteiger partial charge on any atom is 0.330 e. The number of pyridine rings is 1. The van der Waals surface area contributed by atoms with E-state index >= 15 is 0 Å². The SMILES string of the molecule is N#CC1(C(=O)O)CNc2ncc(Br)cc21. The summed E-state index contributed by atoms with van der Waals surface area (Å²) in [6, 6.07) is 3.45. The van der Waals surface area contributed by atoms with Gasteiger partial charge >= 0.3 is 5.97 Å². The summed E-state index contributed by atoms with van der Waals surface area (Å²) in [5.41, 5.74) is -1.11. The fourth-order valence-corrected chi connectivity index (χ4v) is 1.89. The normalized spacial score (nSPS) is 22.7. The van der Waals surface area contributed by atoms with E-state index in [-0.39, 0.29) is 6.54 Å². The Kier molecular flexibility index (Phi) is 2.12. The van der Waals surface area contributed by atoms with Crippen molar-refractivity contribution in [3.8, 4) is 6.07 Å². The third-order valence-corrected chi connectivity index (χ3v) is 2.82. The highest BCUT2D eigenvalue weighted by Crippen LogP contribution is 2.36. The molecular formula is C9H6BrN3O2. The number of carbonyl (C=O) groups is 1. The maximum atomic E-state index is 11.1. The van der Waals surface area contributed by atoms with Gasteiger partial charge in [-0.3, -0.25) is 4.79 Å². The second-order valence-corrected chi connectivity index (χ2v) is 4.14. The first-order valence-electron chi connectivity index (χ1n) is 4.15. The van der Waals surface area contributed by atoms with Crippen LogP contribution in [0.15, 0.2) is 16.7 Å². The quantitative estimate of drug-likeness (QED) is 0.796. The molecule has 1 atom stereocenters. The number of aliphatic carboxylic acids is 1. The molecule has 0 saturated heterocycles. The number of fused-ring (bicyclic) bond motifs is 1. The van der Waals surface area contributed by atoms with E-state index in [0.717, 1.165) is 0 Å². The summed E-state index contributed by atoms with van der Waals surface area (Å²) in [4.78, 5) is 15.1. The van der Waals surface area contributed by atoms with Crippen molar-refractivity contribution < 1.29 is 9.90 Å². The minimum absolute atomic E-state index is 0.0532. The predicted molar refractivity (Wildman–Crippen MR) is 55.4 cm³/mol. The van der Waals surface area contributed by atoms with Crippen LogP contribution in [0.25, 0.3) is 0 Å². The molecule has 2 N–H and O–H groups in total. The first-order valence-corrected chi connectivity index (χ1v) is 4.94. The Balaban J connectivity index is 2.65. The number of hydrogen-bond donors (Lipinski definition) is 2. The summed E-state index contributed by atoms with van der Waals surface area (Å²) in [5.74, 6) is -0.696. The fourth-order valence-electron chi connectivity index (χ4n) is 1.56. The van der Waals surface area contributed by atoms with Crippen LogP contribution in [0.2, 0.25) is 0 Å². The monoisotopic (exact) mass is 267 g/mol. The number of nitrogens with zero attached hydrogens (tertiary/aromatic N) is 2. The number of aromatic nitrogens is 1. The van der Waals surface area contributed by atoms with E-state index in [2.05, 4.69) is 26.2 Å². The van der Waals surface area contributed by atoms with Crippen molar-refractivity contribution in [1.29, 1.82) is 5.26 Å². The molecule has 0 saturated carbocycles. The van der Waals surface area contributed by atoms with Gasteiger partial charge in [0.05, 0.1) is 12.6 Å². The molecular weight excluding hydrogens is 262 g/mol. The van der Waals surface area contributed by atoms with Crippen molar-refractivity contribution >= 4 is 27.7 Å². The van der Waals surface area contributed by atoms with Crippen molar-refractivity contribution in [2.45, 2.75) is 5.41 Å². The molecule has 0 radical (unpaired) electrons. The number of halogens is 1. The zero-order valence-corrected chi connectivity index (χ0v) is 9.08. The maximum absolute atomic E-state index is 11.1. The average molecular weight is 268 g/mol. The predicted octanol–water partition coefficient (Wildman–Crippen LogP) is 1.12. The largest absolute Gasteiger partial charge is 0.480 e. The molecule has 2 heterocycles. The van der Waals surface area contributed by atoms with Crippen LogP contribution in [0, 0.1) is 11.3 Å². The van der Waals surface area contributed by atoms with Gasteiger partial charge in [0.1, 0.15) is 5.82 Å². The Labute approximate surface area is 93.9 Å². The topological polar surface area (TPSA) is 86.0 Å². The van der Waals surface area contributed by atoms with Gasteiger partial charge in [-0.25, -0.2) is 4.98 Å².